The second-order valence-electron chi connectivity index (χ2n) is 6.85. The molecule has 0 radical (unpaired) electrons. The lowest BCUT2D eigenvalue weighted by Crippen LogP contribution is -2.38. The highest BCUT2D eigenvalue weighted by molar-refractivity contribution is 9.10. The van der Waals surface area contributed by atoms with E-state index in [4.69, 9.17) is 5.73 Å². The summed E-state index contributed by atoms with van der Waals surface area (Å²) >= 11 is 5.07. The van der Waals surface area contributed by atoms with E-state index in [1.165, 1.54) is 12.1 Å². The van der Waals surface area contributed by atoms with E-state index in [1.807, 2.05) is 13.0 Å². The van der Waals surface area contributed by atoms with E-state index >= 15 is 0 Å². The lowest BCUT2D eigenvalue weighted by atomic mass is 9.78. The molecule has 0 spiro atoms. The van der Waals surface area contributed by atoms with Gasteiger partial charge < -0.3 is 5.73 Å². The number of allylic oxidation sites excluding steroid dienone is 3. The van der Waals surface area contributed by atoms with Crippen molar-refractivity contribution in [2.45, 2.75) is 32.1 Å². The molecule has 1 aliphatic heterocycles. The fraction of sp³-hybridized carbons (Fsp3) is 0.238. The normalized spacial score (nSPS) is 19.7. The minimum absolute atomic E-state index is 0.0232. The average Bonchev–Trinajstić information content (AvgIpc) is 2.99. The first-order valence-corrected chi connectivity index (χ1v) is 10.5. The molecule has 28 heavy (non-hydrogen) atoms. The first kappa shape index (κ1) is 18.9. The highest BCUT2D eigenvalue weighted by atomic mass is 79.9. The van der Waals surface area contributed by atoms with Crippen molar-refractivity contribution in [1.29, 1.82) is 5.26 Å². The van der Waals surface area contributed by atoms with Gasteiger partial charge in [-0.1, -0.05) is 6.07 Å². The van der Waals surface area contributed by atoms with Crippen molar-refractivity contribution >= 4 is 38.7 Å². The number of benzene rings is 1. The number of hydrogen-bond donors (Lipinski definition) is 1. The van der Waals surface area contributed by atoms with E-state index in [-0.39, 0.29) is 11.6 Å². The summed E-state index contributed by atoms with van der Waals surface area (Å²) in [5.41, 5.74) is 8.67. The lowest BCUT2D eigenvalue weighted by molar-refractivity contribution is -0.116. The number of carbonyl (C=O) groups excluding carboxylic acids is 1. The van der Waals surface area contributed by atoms with Crippen molar-refractivity contribution in [3.05, 3.63) is 73.0 Å². The third-order valence-corrected chi connectivity index (χ3v) is 7.34. The van der Waals surface area contributed by atoms with E-state index in [1.54, 1.807) is 28.4 Å². The quantitative estimate of drug-likeness (QED) is 0.667. The van der Waals surface area contributed by atoms with Crippen LogP contribution in [0.25, 0.3) is 0 Å². The molecule has 0 saturated carbocycles. The minimum atomic E-state index is -0.479. The van der Waals surface area contributed by atoms with Crippen LogP contribution in [0.1, 0.15) is 34.9 Å². The Hall–Kier alpha value is -2.43. The van der Waals surface area contributed by atoms with Gasteiger partial charge in [0.15, 0.2) is 5.78 Å². The van der Waals surface area contributed by atoms with Gasteiger partial charge in [0.2, 0.25) is 0 Å². The summed E-state index contributed by atoms with van der Waals surface area (Å²) < 4.78 is 14.8. The average molecular weight is 458 g/mol. The van der Waals surface area contributed by atoms with Gasteiger partial charge in [-0.2, -0.15) is 5.26 Å². The zero-order valence-electron chi connectivity index (χ0n) is 15.1. The summed E-state index contributed by atoms with van der Waals surface area (Å²) in [4.78, 5) is 16.6. The van der Waals surface area contributed by atoms with Crippen molar-refractivity contribution in [2.24, 2.45) is 5.73 Å². The van der Waals surface area contributed by atoms with Gasteiger partial charge in [0, 0.05) is 31.9 Å². The molecule has 142 valence electrons. The van der Waals surface area contributed by atoms with Gasteiger partial charge in [-0.3, -0.25) is 9.69 Å². The number of carbonyl (C=O) groups is 1. The number of hydrogen-bond acceptors (Lipinski definition) is 5. The first-order valence-electron chi connectivity index (χ1n) is 8.90. The molecule has 1 aliphatic carbocycles. The molecule has 2 heterocycles. The van der Waals surface area contributed by atoms with Gasteiger partial charge in [0.05, 0.1) is 23.2 Å². The second kappa shape index (κ2) is 7.19. The monoisotopic (exact) mass is 457 g/mol. The number of ketones is 1. The summed E-state index contributed by atoms with van der Waals surface area (Å²) in [5, 5.41) is 9.94. The molecular formula is C21H17BrFN3OS. The number of anilines is 1. The molecule has 1 aromatic heterocycles. The van der Waals surface area contributed by atoms with Crippen LogP contribution in [0.15, 0.2) is 57.5 Å². The van der Waals surface area contributed by atoms with Crippen LogP contribution in [0.3, 0.4) is 0 Å². The third-order valence-electron chi connectivity index (χ3n) is 5.14. The van der Waals surface area contributed by atoms with Crippen molar-refractivity contribution in [2.75, 3.05) is 4.90 Å². The molecule has 0 bridgehead atoms. The molecule has 2 N–H and O–H groups in total. The van der Waals surface area contributed by atoms with Gasteiger partial charge >= 0.3 is 0 Å². The van der Waals surface area contributed by atoms with Gasteiger partial charge in [0.25, 0.3) is 0 Å². The van der Waals surface area contributed by atoms with E-state index in [0.717, 1.165) is 19.9 Å². The van der Waals surface area contributed by atoms with E-state index in [9.17, 15) is 14.4 Å². The van der Waals surface area contributed by atoms with E-state index in [0.29, 0.717) is 36.1 Å². The maximum absolute atomic E-state index is 13.9. The smallest absolute Gasteiger partial charge is 0.161 e. The highest BCUT2D eigenvalue weighted by Gasteiger charge is 2.41. The summed E-state index contributed by atoms with van der Waals surface area (Å²) in [5.74, 6) is -0.593. The lowest BCUT2D eigenvalue weighted by Gasteiger charge is -2.39. The van der Waals surface area contributed by atoms with Crippen LogP contribution in [-0.4, -0.2) is 5.78 Å². The number of nitrogens with two attached hydrogens (primary N) is 1. The van der Waals surface area contributed by atoms with Crippen molar-refractivity contribution < 1.29 is 9.18 Å². The van der Waals surface area contributed by atoms with Gasteiger partial charge in [-0.25, -0.2) is 4.39 Å². The van der Waals surface area contributed by atoms with Crippen LogP contribution in [0.4, 0.5) is 10.1 Å². The summed E-state index contributed by atoms with van der Waals surface area (Å²) in [7, 11) is 0. The molecule has 2 aromatic rings. The summed E-state index contributed by atoms with van der Waals surface area (Å²) in [6, 6.07) is 10.2. The Kier molecular flexibility index (Phi) is 4.86. The number of aryl methyl sites for hydroxylation is 1. The molecule has 4 rings (SSSR count). The SMILES string of the molecule is Cc1sc(C2C(C#N)=C(N)N(c3cccc(F)c3)C3=C2C(=O)CCC3)cc1Br. The molecule has 1 atom stereocenters. The molecule has 4 nitrogen and oxygen atoms in total. The number of nitrogens with zero attached hydrogens (tertiary/aromatic N) is 2. The largest absolute Gasteiger partial charge is 0.384 e. The molecule has 7 heteroatoms. The third kappa shape index (κ3) is 2.97. The predicted octanol–water partition coefficient (Wildman–Crippen LogP) is 5.26. The van der Waals surface area contributed by atoms with Crippen LogP contribution in [0.2, 0.25) is 0 Å². The zero-order chi connectivity index (χ0) is 20.0. The van der Waals surface area contributed by atoms with Crippen molar-refractivity contribution in [3.8, 4) is 6.07 Å². The maximum Gasteiger partial charge on any atom is 0.161 e. The van der Waals surface area contributed by atoms with E-state index < -0.39 is 11.7 Å². The van der Waals surface area contributed by atoms with Gasteiger partial charge in [-0.15, -0.1) is 11.3 Å². The molecule has 1 unspecified atom stereocenters. The molecule has 0 amide bonds. The fourth-order valence-corrected chi connectivity index (χ4v) is 5.59. The molecule has 2 aliphatic rings. The number of halogens is 2. The van der Waals surface area contributed by atoms with Crippen LogP contribution in [0.5, 0.6) is 0 Å². The molecule has 1 aromatic carbocycles. The van der Waals surface area contributed by atoms with Crippen LogP contribution in [-0.2, 0) is 4.79 Å². The van der Waals surface area contributed by atoms with Gasteiger partial charge in [0.1, 0.15) is 11.6 Å². The Morgan fingerprint density at radius 2 is 2.14 bits per heavy atom. The minimum Gasteiger partial charge on any atom is -0.384 e. The van der Waals surface area contributed by atoms with Crippen LogP contribution >= 0.6 is 27.3 Å². The Labute approximate surface area is 174 Å². The Bertz CT molecular complexity index is 1080. The maximum atomic E-state index is 13.9. The van der Waals surface area contributed by atoms with Crippen molar-refractivity contribution in [3.63, 3.8) is 0 Å². The number of thiophene rings is 1. The molecule has 0 saturated heterocycles. The number of Topliss-reactive ketones (excluding diaryl/α,β-unsaturated/α-hetero) is 1. The molecular weight excluding hydrogens is 441 g/mol. The highest BCUT2D eigenvalue weighted by Crippen LogP contribution is 2.48. The number of nitriles is 1. The van der Waals surface area contributed by atoms with Gasteiger partial charge in [-0.05, 0) is 60.0 Å². The summed E-state index contributed by atoms with van der Waals surface area (Å²) in [6.45, 7) is 1.98. The standard InChI is InChI=1S/C21H17BrFN3OS/c1-11-15(22)9-18(28-11)19-14(10-24)21(25)26(13-5-2-4-12(23)8-13)16-6-3-7-17(27)20(16)19/h2,4-5,8-9,19H,3,6-7,25H2,1H3. The number of rotatable bonds is 2. The topological polar surface area (TPSA) is 70.1 Å². The van der Waals surface area contributed by atoms with Crippen LogP contribution < -0.4 is 10.6 Å². The molecule has 0 fully saturated rings. The second-order valence-corrected chi connectivity index (χ2v) is 8.99. The van der Waals surface area contributed by atoms with Crippen LogP contribution in [0, 0.1) is 24.1 Å². The zero-order valence-corrected chi connectivity index (χ0v) is 17.5. The predicted molar refractivity (Wildman–Crippen MR) is 111 cm³/mol. The first-order chi connectivity index (χ1) is 13.4. The summed E-state index contributed by atoms with van der Waals surface area (Å²) in [6.07, 6.45) is 1.80. The Balaban J connectivity index is 1.98. The Morgan fingerprint density at radius 1 is 1.36 bits per heavy atom. The van der Waals surface area contributed by atoms with Crippen molar-refractivity contribution in [1.82, 2.24) is 0 Å². The fourth-order valence-electron chi connectivity index (χ4n) is 3.90. The Morgan fingerprint density at radius 3 is 2.79 bits per heavy atom. The van der Waals surface area contributed by atoms with E-state index in [2.05, 4.69) is 22.0 Å².